The Morgan fingerprint density at radius 1 is 0.974 bits per heavy atom. The number of aldehydes is 1. The molecule has 1 aliphatic heterocycles. The number of nitrogens with one attached hydrogen (secondary N) is 1. The van der Waals surface area contributed by atoms with Gasteiger partial charge < -0.3 is 15.0 Å². The quantitative estimate of drug-likeness (QED) is 0.241. The van der Waals surface area contributed by atoms with Crippen LogP contribution in [0.25, 0.3) is 11.1 Å². The number of amides is 1. The standard InChI is InChI=1S/C31H25Cl2N3O2/c1-20(18-37)30-27-16-25(35-31(38)26-7-2-3-8-28(26)33)13-14-29(27)34-19-36(30)17-21-9-11-22(12-10-21)23-5-4-6-24(32)15-23/h2-16,18-20,30H,17H2,1H3,(H,35,38). The highest BCUT2D eigenvalue weighted by Gasteiger charge is 2.30. The minimum absolute atomic E-state index is 0.246. The minimum Gasteiger partial charge on any atom is -0.350 e. The Labute approximate surface area is 231 Å². The molecule has 1 heterocycles. The number of carbonyl (C=O) groups is 2. The van der Waals surface area contributed by atoms with Gasteiger partial charge in [0.05, 0.1) is 28.7 Å². The molecule has 5 rings (SSSR count). The second-order valence-corrected chi connectivity index (χ2v) is 10.1. The number of anilines is 1. The number of benzene rings is 4. The number of rotatable bonds is 7. The lowest BCUT2D eigenvalue weighted by molar-refractivity contribution is -0.112. The van der Waals surface area contributed by atoms with E-state index < -0.39 is 0 Å². The Balaban J connectivity index is 1.39. The molecule has 0 saturated heterocycles. The molecule has 0 aliphatic carbocycles. The predicted molar refractivity (Wildman–Crippen MR) is 154 cm³/mol. The maximum Gasteiger partial charge on any atom is 0.257 e. The smallest absolute Gasteiger partial charge is 0.257 e. The van der Waals surface area contributed by atoms with Crippen LogP contribution in [0.1, 0.15) is 34.5 Å². The van der Waals surface area contributed by atoms with Crippen LogP contribution >= 0.6 is 23.2 Å². The molecule has 0 radical (unpaired) electrons. The first-order valence-electron chi connectivity index (χ1n) is 12.2. The average molecular weight is 542 g/mol. The molecule has 0 saturated carbocycles. The molecule has 5 nitrogen and oxygen atoms in total. The van der Waals surface area contributed by atoms with Gasteiger partial charge in [-0.15, -0.1) is 0 Å². The first-order chi connectivity index (χ1) is 18.4. The van der Waals surface area contributed by atoms with Gasteiger partial charge in [-0.2, -0.15) is 0 Å². The number of halogens is 2. The zero-order valence-electron chi connectivity index (χ0n) is 20.6. The van der Waals surface area contributed by atoms with E-state index in [4.69, 9.17) is 23.2 Å². The van der Waals surface area contributed by atoms with Crippen LogP contribution in [0.3, 0.4) is 0 Å². The van der Waals surface area contributed by atoms with E-state index in [-0.39, 0.29) is 17.9 Å². The molecule has 7 heteroatoms. The number of aliphatic imine (C=N–C) groups is 1. The Bertz CT molecular complexity index is 1520. The number of fused-ring (bicyclic) bond motifs is 1. The molecular formula is C31H25Cl2N3O2. The maximum atomic E-state index is 12.8. The van der Waals surface area contributed by atoms with E-state index in [9.17, 15) is 9.59 Å². The second-order valence-electron chi connectivity index (χ2n) is 9.27. The molecule has 2 atom stereocenters. The van der Waals surface area contributed by atoms with Crippen molar-refractivity contribution in [1.29, 1.82) is 0 Å². The van der Waals surface area contributed by atoms with Crippen molar-refractivity contribution in [3.63, 3.8) is 0 Å². The van der Waals surface area contributed by atoms with Crippen molar-refractivity contribution in [2.24, 2.45) is 10.9 Å². The van der Waals surface area contributed by atoms with Gasteiger partial charge in [0, 0.05) is 28.7 Å². The van der Waals surface area contributed by atoms with Gasteiger partial charge in [0.25, 0.3) is 5.91 Å². The summed E-state index contributed by atoms with van der Waals surface area (Å²) in [5.74, 6) is -0.604. The SMILES string of the molecule is CC(C=O)C1c2cc(NC(=O)c3ccccc3Cl)ccc2N=CN1Cc1ccc(-c2cccc(Cl)c2)cc1. The van der Waals surface area contributed by atoms with Gasteiger partial charge in [-0.05, 0) is 59.2 Å². The highest BCUT2D eigenvalue weighted by Crippen LogP contribution is 2.39. The Hall–Kier alpha value is -3.93. The Morgan fingerprint density at radius 3 is 2.50 bits per heavy atom. The van der Waals surface area contributed by atoms with Crippen molar-refractivity contribution in [2.75, 3.05) is 5.32 Å². The van der Waals surface area contributed by atoms with E-state index in [1.807, 2.05) is 43.3 Å². The summed E-state index contributed by atoms with van der Waals surface area (Å²) in [4.78, 5) is 31.5. The number of hydrogen-bond donors (Lipinski definition) is 1. The molecule has 1 amide bonds. The fraction of sp³-hybridized carbons (Fsp3) is 0.129. The summed E-state index contributed by atoms with van der Waals surface area (Å²) in [7, 11) is 0. The van der Waals surface area contributed by atoms with Gasteiger partial charge in [0.2, 0.25) is 0 Å². The van der Waals surface area contributed by atoms with E-state index in [1.54, 1.807) is 36.7 Å². The molecule has 0 bridgehead atoms. The van der Waals surface area contributed by atoms with Crippen molar-refractivity contribution >= 4 is 53.1 Å². The Morgan fingerprint density at radius 2 is 1.76 bits per heavy atom. The van der Waals surface area contributed by atoms with Crippen molar-refractivity contribution in [3.05, 3.63) is 118 Å². The molecule has 0 spiro atoms. The fourth-order valence-corrected chi connectivity index (χ4v) is 5.11. The van der Waals surface area contributed by atoms with E-state index in [1.165, 1.54) is 0 Å². The summed E-state index contributed by atoms with van der Waals surface area (Å²) < 4.78 is 0. The van der Waals surface area contributed by atoms with Gasteiger partial charge in [0.15, 0.2) is 0 Å². The fourth-order valence-electron chi connectivity index (χ4n) is 4.70. The first kappa shape index (κ1) is 25.7. The summed E-state index contributed by atoms with van der Waals surface area (Å²) in [6.07, 6.45) is 2.75. The molecular weight excluding hydrogens is 517 g/mol. The topological polar surface area (TPSA) is 61.8 Å². The maximum absolute atomic E-state index is 12.8. The zero-order valence-corrected chi connectivity index (χ0v) is 22.2. The van der Waals surface area contributed by atoms with Crippen LogP contribution in [0.4, 0.5) is 11.4 Å². The molecule has 4 aromatic rings. The highest BCUT2D eigenvalue weighted by molar-refractivity contribution is 6.34. The molecule has 0 aromatic heterocycles. The third kappa shape index (κ3) is 5.49. The monoisotopic (exact) mass is 541 g/mol. The van der Waals surface area contributed by atoms with Crippen LogP contribution in [-0.4, -0.2) is 23.4 Å². The lowest BCUT2D eigenvalue weighted by Crippen LogP contribution is -2.34. The van der Waals surface area contributed by atoms with Gasteiger partial charge >= 0.3 is 0 Å². The zero-order chi connectivity index (χ0) is 26.6. The van der Waals surface area contributed by atoms with E-state index in [0.717, 1.165) is 34.2 Å². The van der Waals surface area contributed by atoms with Crippen molar-refractivity contribution in [3.8, 4) is 11.1 Å². The molecule has 1 N–H and O–H groups in total. The third-order valence-electron chi connectivity index (χ3n) is 6.61. The Kier molecular flexibility index (Phi) is 7.59. The molecule has 2 unspecified atom stereocenters. The number of carbonyl (C=O) groups excluding carboxylic acids is 2. The van der Waals surface area contributed by atoms with Gasteiger partial charge in [-0.1, -0.05) is 78.7 Å². The lowest BCUT2D eigenvalue weighted by atomic mass is 9.91. The van der Waals surface area contributed by atoms with Crippen LogP contribution in [-0.2, 0) is 11.3 Å². The third-order valence-corrected chi connectivity index (χ3v) is 7.18. The van der Waals surface area contributed by atoms with Crippen LogP contribution in [0.5, 0.6) is 0 Å². The normalized spacial score (nSPS) is 15.0. The molecule has 4 aromatic carbocycles. The van der Waals surface area contributed by atoms with Crippen molar-refractivity contribution in [1.82, 2.24) is 4.90 Å². The summed E-state index contributed by atoms with van der Waals surface area (Å²) in [6.45, 7) is 2.46. The lowest BCUT2D eigenvalue weighted by Gasteiger charge is -2.36. The van der Waals surface area contributed by atoms with E-state index in [0.29, 0.717) is 27.8 Å². The summed E-state index contributed by atoms with van der Waals surface area (Å²) in [5, 5.41) is 4.00. The molecule has 38 heavy (non-hydrogen) atoms. The summed E-state index contributed by atoms with van der Waals surface area (Å²) in [5.41, 5.74) is 5.86. The number of nitrogens with zero attached hydrogens (tertiary/aromatic N) is 2. The van der Waals surface area contributed by atoms with Crippen LogP contribution in [0.15, 0.2) is 96.0 Å². The van der Waals surface area contributed by atoms with E-state index in [2.05, 4.69) is 39.5 Å². The largest absolute Gasteiger partial charge is 0.350 e. The second kappa shape index (κ2) is 11.2. The van der Waals surface area contributed by atoms with E-state index >= 15 is 0 Å². The number of hydrogen-bond acceptors (Lipinski definition) is 4. The highest BCUT2D eigenvalue weighted by atomic mass is 35.5. The molecule has 1 aliphatic rings. The van der Waals surface area contributed by atoms with Gasteiger partial charge in [-0.3, -0.25) is 4.79 Å². The van der Waals surface area contributed by atoms with Crippen molar-refractivity contribution < 1.29 is 9.59 Å². The summed E-state index contributed by atoms with van der Waals surface area (Å²) >= 11 is 12.4. The average Bonchev–Trinajstić information content (AvgIpc) is 2.93. The van der Waals surface area contributed by atoms with Crippen LogP contribution in [0, 0.1) is 5.92 Å². The van der Waals surface area contributed by atoms with Crippen molar-refractivity contribution in [2.45, 2.75) is 19.5 Å². The minimum atomic E-state index is -0.305. The molecule has 190 valence electrons. The van der Waals surface area contributed by atoms with Gasteiger partial charge in [-0.25, -0.2) is 4.99 Å². The molecule has 0 fully saturated rings. The van der Waals surface area contributed by atoms with Gasteiger partial charge in [0.1, 0.15) is 6.29 Å². The first-order valence-corrected chi connectivity index (χ1v) is 13.0. The van der Waals surface area contributed by atoms with Crippen LogP contribution < -0.4 is 5.32 Å². The van der Waals surface area contributed by atoms with Crippen LogP contribution in [0.2, 0.25) is 10.0 Å². The summed E-state index contributed by atoms with van der Waals surface area (Å²) in [6, 6.07) is 28.2. The predicted octanol–water partition coefficient (Wildman–Crippen LogP) is 7.96.